The van der Waals surface area contributed by atoms with Crippen LogP contribution in [0.15, 0.2) is 36.5 Å². The molecule has 2 rings (SSSR count). The van der Waals surface area contributed by atoms with Crippen molar-refractivity contribution in [2.75, 3.05) is 0 Å². The zero-order valence-electron chi connectivity index (χ0n) is 9.11. The van der Waals surface area contributed by atoms with Crippen molar-refractivity contribution in [2.45, 2.75) is 13.0 Å². The van der Waals surface area contributed by atoms with Crippen LogP contribution in [0.3, 0.4) is 0 Å². The van der Waals surface area contributed by atoms with Gasteiger partial charge in [0.25, 0.3) is 0 Å². The van der Waals surface area contributed by atoms with Gasteiger partial charge in [0.05, 0.1) is 6.42 Å². The largest absolute Gasteiger partial charge is 0.352 e. The molecular weight excluding hydrogens is 221 g/mol. The van der Waals surface area contributed by atoms with Gasteiger partial charge in [-0.25, -0.2) is 4.39 Å². The summed E-state index contributed by atoms with van der Waals surface area (Å²) >= 11 is 0. The van der Waals surface area contributed by atoms with E-state index in [2.05, 4.69) is 15.5 Å². The Bertz CT molecular complexity index is 496. The van der Waals surface area contributed by atoms with Crippen LogP contribution in [-0.2, 0) is 17.8 Å². The van der Waals surface area contributed by atoms with Crippen LogP contribution < -0.4 is 5.32 Å². The minimum absolute atomic E-state index is 0.126. The van der Waals surface area contributed by atoms with Crippen LogP contribution in [-0.4, -0.2) is 16.1 Å². The molecule has 0 aliphatic heterocycles. The molecule has 2 aromatic rings. The van der Waals surface area contributed by atoms with Gasteiger partial charge in [-0.1, -0.05) is 12.1 Å². The maximum absolute atomic E-state index is 12.9. The van der Waals surface area contributed by atoms with Crippen LogP contribution in [0.1, 0.15) is 11.3 Å². The third-order valence-electron chi connectivity index (χ3n) is 2.29. The lowest BCUT2D eigenvalue weighted by Gasteiger charge is -2.04. The van der Waals surface area contributed by atoms with Crippen LogP contribution in [0.4, 0.5) is 4.39 Å². The van der Waals surface area contributed by atoms with E-state index < -0.39 is 0 Å². The molecule has 0 saturated carbocycles. The number of H-pyrrole nitrogens is 1. The molecule has 0 atom stereocenters. The van der Waals surface area contributed by atoms with Gasteiger partial charge in [0.2, 0.25) is 5.91 Å². The number of nitrogens with zero attached hydrogens (tertiary/aromatic N) is 1. The summed E-state index contributed by atoms with van der Waals surface area (Å²) in [7, 11) is 0. The number of benzene rings is 1. The highest BCUT2D eigenvalue weighted by molar-refractivity contribution is 5.78. The van der Waals surface area contributed by atoms with Crippen LogP contribution in [0.5, 0.6) is 0 Å². The first kappa shape index (κ1) is 11.3. The van der Waals surface area contributed by atoms with Crippen molar-refractivity contribution in [3.8, 4) is 0 Å². The number of carbonyl (C=O) groups excluding carboxylic acids is 1. The van der Waals surface area contributed by atoms with E-state index in [0.29, 0.717) is 6.54 Å². The fourth-order valence-electron chi connectivity index (χ4n) is 1.47. The first-order valence-electron chi connectivity index (χ1n) is 5.23. The van der Waals surface area contributed by atoms with Crippen molar-refractivity contribution in [3.05, 3.63) is 53.6 Å². The average molecular weight is 233 g/mol. The Morgan fingerprint density at radius 3 is 3.00 bits per heavy atom. The number of carbonyl (C=O) groups is 1. The van der Waals surface area contributed by atoms with Gasteiger partial charge in [-0.05, 0) is 23.8 Å². The summed E-state index contributed by atoms with van der Waals surface area (Å²) in [6.07, 6.45) is 1.84. The number of halogens is 1. The zero-order chi connectivity index (χ0) is 12.1. The first-order valence-corrected chi connectivity index (χ1v) is 5.23. The van der Waals surface area contributed by atoms with Crippen molar-refractivity contribution < 1.29 is 9.18 Å². The number of aromatic nitrogens is 2. The van der Waals surface area contributed by atoms with E-state index in [1.807, 2.05) is 0 Å². The number of aromatic amines is 1. The van der Waals surface area contributed by atoms with E-state index in [1.54, 1.807) is 24.4 Å². The Balaban J connectivity index is 1.84. The highest BCUT2D eigenvalue weighted by Crippen LogP contribution is 2.03. The van der Waals surface area contributed by atoms with Crippen LogP contribution in [0, 0.1) is 5.82 Å². The van der Waals surface area contributed by atoms with Gasteiger partial charge in [0, 0.05) is 18.4 Å². The lowest BCUT2D eigenvalue weighted by atomic mass is 10.2. The van der Waals surface area contributed by atoms with Gasteiger partial charge >= 0.3 is 0 Å². The predicted octanol–water partition coefficient (Wildman–Crippen LogP) is 1.41. The first-order chi connectivity index (χ1) is 8.24. The van der Waals surface area contributed by atoms with E-state index in [9.17, 15) is 9.18 Å². The Morgan fingerprint density at radius 2 is 2.29 bits per heavy atom. The third kappa shape index (κ3) is 3.41. The Morgan fingerprint density at radius 1 is 1.41 bits per heavy atom. The molecule has 1 amide bonds. The van der Waals surface area contributed by atoms with E-state index in [4.69, 9.17) is 0 Å². The average Bonchev–Trinajstić information content (AvgIpc) is 2.79. The second-order valence-electron chi connectivity index (χ2n) is 3.67. The summed E-state index contributed by atoms with van der Waals surface area (Å²) in [5.41, 5.74) is 1.49. The van der Waals surface area contributed by atoms with E-state index in [1.165, 1.54) is 12.1 Å². The second kappa shape index (κ2) is 5.25. The number of nitrogens with one attached hydrogen (secondary N) is 2. The van der Waals surface area contributed by atoms with Crippen molar-refractivity contribution in [1.82, 2.24) is 15.5 Å². The summed E-state index contributed by atoms with van der Waals surface area (Å²) < 4.78 is 12.9. The molecule has 88 valence electrons. The summed E-state index contributed by atoms with van der Waals surface area (Å²) in [6.45, 7) is 0.324. The summed E-state index contributed by atoms with van der Waals surface area (Å²) in [5, 5.41) is 9.17. The molecule has 5 heteroatoms. The van der Waals surface area contributed by atoms with Crippen LogP contribution in [0.25, 0.3) is 0 Å². The van der Waals surface area contributed by atoms with E-state index in [0.717, 1.165) is 11.3 Å². The van der Waals surface area contributed by atoms with Gasteiger partial charge < -0.3 is 5.32 Å². The number of amides is 1. The molecule has 0 spiro atoms. The normalized spacial score (nSPS) is 10.2. The standard InChI is InChI=1S/C12H12FN3O/c13-10-3-1-2-9(6-10)8-14-12(17)7-11-4-5-15-16-11/h1-6H,7-8H2,(H,14,17)(H,15,16). The molecule has 0 saturated heterocycles. The minimum Gasteiger partial charge on any atom is -0.352 e. The van der Waals surface area contributed by atoms with Crippen molar-refractivity contribution >= 4 is 5.91 Å². The lowest BCUT2D eigenvalue weighted by molar-refractivity contribution is -0.120. The molecule has 1 aromatic carbocycles. The SMILES string of the molecule is O=C(Cc1ccn[nH]1)NCc1cccc(F)c1. The Hall–Kier alpha value is -2.17. The molecule has 4 nitrogen and oxygen atoms in total. The van der Waals surface area contributed by atoms with Gasteiger partial charge in [-0.15, -0.1) is 0 Å². The fraction of sp³-hybridized carbons (Fsp3) is 0.167. The van der Waals surface area contributed by atoms with Gasteiger partial charge in [0.15, 0.2) is 0 Å². The van der Waals surface area contributed by atoms with E-state index in [-0.39, 0.29) is 18.1 Å². The number of hydrogen-bond acceptors (Lipinski definition) is 2. The van der Waals surface area contributed by atoms with Crippen LogP contribution in [0.2, 0.25) is 0 Å². The molecule has 0 fully saturated rings. The van der Waals surface area contributed by atoms with Crippen molar-refractivity contribution in [2.24, 2.45) is 0 Å². The predicted molar refractivity (Wildman–Crippen MR) is 60.5 cm³/mol. The molecule has 0 aliphatic carbocycles. The second-order valence-corrected chi connectivity index (χ2v) is 3.67. The molecule has 0 unspecified atom stereocenters. The third-order valence-corrected chi connectivity index (χ3v) is 2.29. The number of rotatable bonds is 4. The molecule has 0 aliphatic rings. The molecule has 1 aromatic heterocycles. The van der Waals surface area contributed by atoms with Crippen LogP contribution >= 0.6 is 0 Å². The molecule has 1 heterocycles. The monoisotopic (exact) mass is 233 g/mol. The van der Waals surface area contributed by atoms with Gasteiger partial charge in [-0.3, -0.25) is 9.89 Å². The topological polar surface area (TPSA) is 57.8 Å². The highest BCUT2D eigenvalue weighted by atomic mass is 19.1. The minimum atomic E-state index is -0.301. The Labute approximate surface area is 97.9 Å². The smallest absolute Gasteiger partial charge is 0.226 e. The summed E-state index contributed by atoms with van der Waals surface area (Å²) in [4.78, 5) is 11.5. The van der Waals surface area contributed by atoms with Crippen molar-refractivity contribution in [1.29, 1.82) is 0 Å². The summed E-state index contributed by atoms with van der Waals surface area (Å²) in [6, 6.07) is 7.89. The molecular formula is C12H12FN3O. The zero-order valence-corrected chi connectivity index (χ0v) is 9.11. The number of hydrogen-bond donors (Lipinski definition) is 2. The van der Waals surface area contributed by atoms with E-state index >= 15 is 0 Å². The molecule has 2 N–H and O–H groups in total. The molecule has 17 heavy (non-hydrogen) atoms. The maximum atomic E-state index is 12.9. The fourth-order valence-corrected chi connectivity index (χ4v) is 1.47. The van der Waals surface area contributed by atoms with Crippen molar-refractivity contribution in [3.63, 3.8) is 0 Å². The molecule has 0 bridgehead atoms. The molecule has 0 radical (unpaired) electrons. The van der Waals surface area contributed by atoms with Gasteiger partial charge in [0.1, 0.15) is 5.82 Å². The highest BCUT2D eigenvalue weighted by Gasteiger charge is 2.04. The summed E-state index contributed by atoms with van der Waals surface area (Å²) in [5.74, 6) is -0.427. The quantitative estimate of drug-likeness (QED) is 0.838. The Kier molecular flexibility index (Phi) is 3.49. The van der Waals surface area contributed by atoms with Gasteiger partial charge in [-0.2, -0.15) is 5.10 Å². The lowest BCUT2D eigenvalue weighted by Crippen LogP contribution is -2.24. The maximum Gasteiger partial charge on any atom is 0.226 e.